The largest absolute Gasteiger partial charge is 0.495 e. The standard InChI is InChI=1S/2C23H25FN4O2.2C21H21FN4O2/c1-30-22-18(23(29)26-17-9-7-16(25)8-10-17)11-13-20-21(22)19(27-28-20)12-4-14-2-5-15(24)6-3-14;1-30-22-18(23(29)26-14-16-10-12-25-13-11-16)7-9-20-21(22)19(27-28-20)8-4-15-2-5-17(24)6-3-15;2*1-28-20-16(21(27)24-15-10-11-23-12-15)7-9-18-19(20)17(25-26-18)8-4-13-2-5-14(22)6-3-13/h2-6,11-13,16-17H,7-10,25H2,1H3,(H,26,29)(H,27,28);2-9,16,25H,10-14H2,1H3,(H,26,29)(H,27,28);2*2-9,15,23H,10-12H2,1H3,(H,24,27)(H,25,26)/b12-4+;3*8-4+/t;;2*15-/m..10/s1. The zero-order valence-electron chi connectivity index (χ0n) is 64.6. The quantitative estimate of drug-likeness (QED) is 0.0297. The third-order valence-corrected chi connectivity index (χ3v) is 20.8. The van der Waals surface area contributed by atoms with E-state index in [4.69, 9.17) is 24.7 Å². The number of carbonyl (C=O) groups excluding carboxylic acids is 4. The van der Waals surface area contributed by atoms with E-state index in [1.807, 2.05) is 54.7 Å². The SMILES string of the molecule is COc1c(C(=O)NC2CCC(N)CC2)ccc2n[nH]c(/C=C/c3ccc(F)cc3)c12.COc1c(C(=O)NCC2CCNCC2)ccc2n[nH]c(/C=C/c3ccc(F)cc3)c12.COc1c(C(=O)N[C@@H]2CCNC2)ccc2n[nH]c(/C=C/c3ccc(F)cc3)c12.COc1c(C(=O)N[C@H]2CCNC2)ccc2n[nH]c(/C=C/c3ccc(F)cc3)c12. The summed E-state index contributed by atoms with van der Waals surface area (Å²) in [5.41, 5.74) is 17.0. The van der Waals surface area contributed by atoms with Gasteiger partial charge in [-0.1, -0.05) is 72.8 Å². The predicted octanol–water partition coefficient (Wildman–Crippen LogP) is 13.4. The summed E-state index contributed by atoms with van der Waals surface area (Å²) in [4.78, 5) is 51.4. The molecule has 116 heavy (non-hydrogen) atoms. The Bertz CT molecular complexity index is 5350. The molecule has 0 spiro atoms. The number of aromatic amines is 4. The second-order valence-electron chi connectivity index (χ2n) is 28.6. The van der Waals surface area contributed by atoms with Gasteiger partial charge in [-0.15, -0.1) is 0 Å². The van der Waals surface area contributed by atoms with E-state index in [1.54, 1.807) is 119 Å². The second-order valence-corrected chi connectivity index (χ2v) is 28.6. The Kier molecular flexibility index (Phi) is 27.2. The first-order chi connectivity index (χ1) is 56.5. The number of methoxy groups -OCH3 is 4. The Balaban J connectivity index is 0.000000135. The Labute approximate surface area is 666 Å². The molecule has 1 aliphatic carbocycles. The van der Waals surface area contributed by atoms with Gasteiger partial charge in [-0.2, -0.15) is 20.4 Å². The number of nitrogens with one attached hydrogen (secondary N) is 11. The van der Waals surface area contributed by atoms with Crippen LogP contribution in [0, 0.1) is 29.2 Å². The maximum atomic E-state index is 13.1. The van der Waals surface area contributed by atoms with Crippen LogP contribution in [0.5, 0.6) is 23.0 Å². The number of amides is 4. The number of carbonyl (C=O) groups is 4. The average molecular weight is 1580 g/mol. The van der Waals surface area contributed by atoms with Gasteiger partial charge in [0, 0.05) is 43.8 Å². The summed E-state index contributed by atoms with van der Waals surface area (Å²) in [7, 11) is 6.19. The van der Waals surface area contributed by atoms with E-state index in [9.17, 15) is 36.7 Å². The summed E-state index contributed by atoms with van der Waals surface area (Å²) >= 11 is 0. The normalized spacial score (nSPS) is 16.9. The number of nitrogens with zero attached hydrogens (tertiary/aromatic N) is 4. The first kappa shape index (κ1) is 81.3. The number of piperidine rings is 1. The Morgan fingerprint density at radius 2 is 0.647 bits per heavy atom. The van der Waals surface area contributed by atoms with Gasteiger partial charge in [-0.05, 0) is 227 Å². The lowest BCUT2D eigenvalue weighted by Crippen LogP contribution is -2.40. The summed E-state index contributed by atoms with van der Waals surface area (Å²) < 4.78 is 74.8. The van der Waals surface area contributed by atoms with Crippen molar-refractivity contribution in [1.29, 1.82) is 0 Å². The number of ether oxygens (including phenoxy) is 4. The summed E-state index contributed by atoms with van der Waals surface area (Å²) in [6.45, 7) is 6.00. The van der Waals surface area contributed by atoms with E-state index in [2.05, 4.69) is 78.0 Å². The minimum Gasteiger partial charge on any atom is -0.495 e. The summed E-state index contributed by atoms with van der Waals surface area (Å²) in [6.07, 6.45) is 22.3. The van der Waals surface area contributed by atoms with Crippen molar-refractivity contribution in [2.45, 2.75) is 75.5 Å². The molecule has 12 aromatic rings. The van der Waals surface area contributed by atoms with Crippen molar-refractivity contribution in [3.63, 3.8) is 0 Å². The van der Waals surface area contributed by atoms with E-state index in [0.29, 0.717) is 96.9 Å². The highest BCUT2D eigenvalue weighted by molar-refractivity contribution is 6.09. The van der Waals surface area contributed by atoms with Gasteiger partial charge in [0.25, 0.3) is 23.6 Å². The number of rotatable bonds is 21. The molecule has 16 rings (SSSR count). The van der Waals surface area contributed by atoms with Gasteiger partial charge in [-0.25, -0.2) is 17.6 Å². The minimum atomic E-state index is -0.281. The lowest BCUT2D eigenvalue weighted by molar-refractivity contribution is 0.0917. The molecule has 3 saturated heterocycles. The topological polar surface area (TPSA) is 330 Å². The van der Waals surface area contributed by atoms with E-state index in [1.165, 1.54) is 48.5 Å². The zero-order chi connectivity index (χ0) is 81.0. The lowest BCUT2D eigenvalue weighted by Gasteiger charge is -2.27. The summed E-state index contributed by atoms with van der Waals surface area (Å²) in [5.74, 6) is 0.660. The second kappa shape index (κ2) is 38.8. The monoisotopic (exact) mass is 1580 g/mol. The first-order valence-corrected chi connectivity index (χ1v) is 38.5. The van der Waals surface area contributed by atoms with Crippen LogP contribution in [-0.2, 0) is 0 Å². The van der Waals surface area contributed by atoms with Gasteiger partial charge in [0.05, 0.1) is 117 Å². The molecule has 0 bridgehead atoms. The molecule has 7 heterocycles. The zero-order valence-corrected chi connectivity index (χ0v) is 64.6. The molecule has 4 aromatic heterocycles. The van der Waals surface area contributed by atoms with Crippen molar-refractivity contribution in [2.75, 3.05) is 74.3 Å². The van der Waals surface area contributed by atoms with Crippen LogP contribution in [0.4, 0.5) is 17.6 Å². The van der Waals surface area contributed by atoms with Gasteiger partial charge in [0.15, 0.2) is 0 Å². The van der Waals surface area contributed by atoms with Gasteiger partial charge in [0.2, 0.25) is 0 Å². The number of H-pyrrole nitrogens is 4. The molecule has 1 saturated carbocycles. The molecule has 13 N–H and O–H groups in total. The molecular weight excluding hydrogens is 1490 g/mol. The molecule has 3 aliphatic heterocycles. The molecule has 28 heteroatoms. The highest BCUT2D eigenvalue weighted by Gasteiger charge is 2.28. The molecule has 600 valence electrons. The lowest BCUT2D eigenvalue weighted by atomic mass is 9.91. The molecule has 4 aliphatic rings. The molecule has 0 radical (unpaired) electrons. The van der Waals surface area contributed by atoms with Crippen LogP contribution in [0.3, 0.4) is 0 Å². The maximum Gasteiger partial charge on any atom is 0.255 e. The van der Waals surface area contributed by atoms with Crippen molar-refractivity contribution in [1.82, 2.24) is 78.0 Å². The number of nitrogens with two attached hydrogens (primary N) is 1. The predicted molar refractivity (Wildman–Crippen MR) is 445 cm³/mol. The molecule has 2 atom stereocenters. The molecule has 4 amide bonds. The van der Waals surface area contributed by atoms with Crippen molar-refractivity contribution in [3.05, 3.63) is 236 Å². The highest BCUT2D eigenvalue weighted by atomic mass is 19.1. The van der Waals surface area contributed by atoms with E-state index < -0.39 is 0 Å². The Hall–Kier alpha value is -12.8. The van der Waals surface area contributed by atoms with Crippen LogP contribution >= 0.6 is 0 Å². The van der Waals surface area contributed by atoms with Crippen molar-refractivity contribution in [2.24, 2.45) is 11.7 Å². The number of halogens is 4. The van der Waals surface area contributed by atoms with Crippen molar-refractivity contribution in [3.8, 4) is 23.0 Å². The van der Waals surface area contributed by atoms with Crippen LogP contribution < -0.4 is 61.9 Å². The highest BCUT2D eigenvalue weighted by Crippen LogP contribution is 2.37. The summed E-state index contributed by atoms with van der Waals surface area (Å²) in [5, 5.41) is 54.2. The van der Waals surface area contributed by atoms with Gasteiger partial charge < -0.3 is 61.9 Å². The molecule has 0 unspecified atom stereocenters. The average Bonchev–Trinajstić information content (AvgIpc) is 1.63. The van der Waals surface area contributed by atoms with E-state index in [-0.39, 0.29) is 71.1 Å². The smallest absolute Gasteiger partial charge is 0.255 e. The number of hydrogen-bond acceptors (Lipinski definition) is 16. The van der Waals surface area contributed by atoms with Gasteiger partial charge in [-0.3, -0.25) is 39.6 Å². The van der Waals surface area contributed by atoms with Crippen molar-refractivity contribution < 1.29 is 55.7 Å². The summed E-state index contributed by atoms with van der Waals surface area (Å²) in [6, 6.07) is 39.5. The van der Waals surface area contributed by atoms with Crippen LogP contribution in [0.1, 0.15) is 138 Å². The minimum absolute atomic E-state index is 0.120. The molecule has 4 fully saturated rings. The molecule has 8 aromatic carbocycles. The van der Waals surface area contributed by atoms with Crippen LogP contribution in [0.25, 0.3) is 92.2 Å². The molecular formula is C88H92F4N16O8. The maximum absolute atomic E-state index is 13.1. The third-order valence-electron chi connectivity index (χ3n) is 20.8. The van der Waals surface area contributed by atoms with Gasteiger partial charge in [0.1, 0.15) is 46.3 Å². The molecule has 24 nitrogen and oxygen atoms in total. The number of benzene rings is 8. The third kappa shape index (κ3) is 20.2. The van der Waals surface area contributed by atoms with Crippen LogP contribution in [0.2, 0.25) is 0 Å². The van der Waals surface area contributed by atoms with Crippen molar-refractivity contribution >= 4 is 116 Å². The van der Waals surface area contributed by atoms with Crippen LogP contribution in [0.15, 0.2) is 146 Å². The first-order valence-electron chi connectivity index (χ1n) is 38.5. The Morgan fingerprint density at radius 3 is 0.931 bits per heavy atom. The fourth-order valence-corrected chi connectivity index (χ4v) is 14.5. The van der Waals surface area contributed by atoms with Crippen LogP contribution in [-0.4, -0.2) is 163 Å². The number of hydrogen-bond donors (Lipinski definition) is 12. The number of aromatic nitrogens is 8. The van der Waals surface area contributed by atoms with Gasteiger partial charge >= 0.3 is 0 Å². The van der Waals surface area contributed by atoms with E-state index >= 15 is 0 Å². The van der Waals surface area contributed by atoms with E-state index in [0.717, 1.165) is 140 Å². The Morgan fingerprint density at radius 1 is 0.362 bits per heavy atom. The number of fused-ring (bicyclic) bond motifs is 4. The fraction of sp³-hybridized carbons (Fsp3) is 0.273. The fourth-order valence-electron chi connectivity index (χ4n) is 14.5.